The Bertz CT molecular complexity index is 4760. The summed E-state index contributed by atoms with van der Waals surface area (Å²) in [5.74, 6) is -19.6. The number of hydrogen-bond donors (Lipinski definition) is 23. The van der Waals surface area contributed by atoms with Crippen LogP contribution in [-0.4, -0.2) is 298 Å². The summed E-state index contributed by atoms with van der Waals surface area (Å²) < 4.78 is 0. The van der Waals surface area contributed by atoms with Crippen LogP contribution in [0.1, 0.15) is 128 Å². The van der Waals surface area contributed by atoms with Crippen LogP contribution < -0.4 is 86.3 Å². The predicted molar refractivity (Wildman–Crippen MR) is 474 cm³/mol. The fourth-order valence-electron chi connectivity index (χ4n) is 14.9. The average molecular weight is 1850 g/mol. The number of aromatic amines is 2. The number of hydrogen-bond acceptors (Lipinski definition) is 26. The molecule has 3 aliphatic heterocycles. The normalized spacial score (nSPS) is 22.8. The second kappa shape index (κ2) is 50.6. The number of carboxylic acids is 1. The maximum absolute atomic E-state index is 15.5. The van der Waals surface area contributed by atoms with Gasteiger partial charge >= 0.3 is 5.97 Å². The van der Waals surface area contributed by atoms with Gasteiger partial charge in [-0.3, -0.25) is 76.7 Å². The second-order valence-electron chi connectivity index (χ2n) is 32.6. The highest BCUT2D eigenvalue weighted by molar-refractivity contribution is 8.76. The summed E-state index contributed by atoms with van der Waals surface area (Å²) in [6.45, 7) is 5.29. The van der Waals surface area contributed by atoms with Crippen molar-refractivity contribution in [3.63, 3.8) is 0 Å². The number of amides is 16. The van der Waals surface area contributed by atoms with Gasteiger partial charge in [0.15, 0.2) is 0 Å². The number of carbonyl (C=O) groups excluding carboxylic acids is 16. The van der Waals surface area contributed by atoms with E-state index in [0.717, 1.165) is 26.5 Å². The van der Waals surface area contributed by atoms with E-state index in [-0.39, 0.29) is 95.3 Å². The van der Waals surface area contributed by atoms with E-state index in [1.165, 1.54) is 69.4 Å². The van der Waals surface area contributed by atoms with Gasteiger partial charge in [0.05, 0.1) is 31.7 Å². The number of benzene rings is 3. The molecular weight excluding hydrogens is 1730 g/mol. The molecule has 708 valence electrons. The molecule has 0 spiro atoms. The number of para-hydroxylation sites is 1. The minimum absolute atomic E-state index is 0.0162. The third-order valence-corrected chi connectivity index (χ3v) is 24.7. The van der Waals surface area contributed by atoms with E-state index in [0.29, 0.717) is 40.4 Å². The summed E-state index contributed by atoms with van der Waals surface area (Å²) in [5.41, 5.74) is 19.4. The third kappa shape index (κ3) is 30.4. The molecule has 0 radical (unpaired) electrons. The number of aliphatic carboxylic acids is 1. The van der Waals surface area contributed by atoms with Crippen LogP contribution in [0.2, 0.25) is 0 Å². The quantitative estimate of drug-likeness (QED) is 0.0138. The van der Waals surface area contributed by atoms with Crippen LogP contribution in [0, 0.1) is 5.92 Å². The van der Waals surface area contributed by atoms with Crippen LogP contribution in [0.15, 0.2) is 97.6 Å². The number of nitrogens with one attached hydrogen (secondary N) is 15. The van der Waals surface area contributed by atoms with Crippen molar-refractivity contribution in [3.05, 3.63) is 120 Å². The van der Waals surface area contributed by atoms with E-state index in [4.69, 9.17) is 17.2 Å². The maximum atomic E-state index is 15.5. The lowest BCUT2D eigenvalue weighted by Crippen LogP contribution is -2.62. The second-order valence-corrected chi connectivity index (χ2v) is 35.1. The Morgan fingerprint density at radius 3 is 1.89 bits per heavy atom. The highest BCUT2D eigenvalue weighted by atomic mass is 33.1. The summed E-state index contributed by atoms with van der Waals surface area (Å²) in [6, 6.07) is -3.69. The van der Waals surface area contributed by atoms with E-state index < -0.39 is 253 Å². The molecule has 8 rings (SSSR count). The first-order chi connectivity index (χ1) is 62.0. The van der Waals surface area contributed by atoms with Crippen molar-refractivity contribution in [2.24, 2.45) is 23.1 Å². The Kier molecular flexibility index (Phi) is 40.1. The average Bonchev–Trinajstić information content (AvgIpc) is 1.26. The van der Waals surface area contributed by atoms with E-state index in [2.05, 4.69) is 84.1 Å². The Morgan fingerprint density at radius 2 is 1.23 bits per heavy atom. The number of phenolic OH excluding ortho intramolecular Hbond substituents is 1. The summed E-state index contributed by atoms with van der Waals surface area (Å²) in [4.78, 5) is 258. The Balaban J connectivity index is 1.22. The van der Waals surface area contributed by atoms with Crippen LogP contribution in [0.5, 0.6) is 5.75 Å². The van der Waals surface area contributed by atoms with Crippen molar-refractivity contribution in [3.8, 4) is 5.75 Å². The molecule has 2 unspecified atom stereocenters. The summed E-state index contributed by atoms with van der Waals surface area (Å²) in [6.07, 6.45) is 0.102. The van der Waals surface area contributed by atoms with Crippen LogP contribution in [0.25, 0.3) is 10.9 Å². The standard InChI is InChI=1S/C85H119N21O22S2/c1-6-16-54-72(114)104-70(46(5)109)83(125)99-59(35-49-37-90-53-20-11-10-19-52(49)53)75(117)103-69(44(2)3)82(124)102-63(77(119)94-55(21-12-13-30-86)84(126)106-32-15-23-65(106)80(122)95-56(85(127)128)28-29-66(87)111)42-130-129-41-62(101-76(118)61(40-107)100-73(115)58(98-81(123)68(88)45(4)108)34-48-24-26-51(110)27-25-48)78(120)97-60(36-50-38-89-43-92-50)74(116)96-57(33-47-17-8-7-9-18-47)71(113)91-39-67(112)105-31-14-22-64(105)79(121)93-54/h7-11,17-20,24-27,37-38,43-46,54-65,68-70,90,107-110H,6,12-16,21-23,28-36,39-42,86,88H2,1-5H3,(H2,87,111)(H,89,92)(H,91,113)(H,93,121)(H,94,119)(H,95,122)(H,96,116)(H,97,120)(H,98,123)(H,99,125)(H,100,115)(H,101,118)(H,102,124)(H,103,117)(H,104,114)(H,127,128)/t45-,46-,54-,55-,56+,57-,58-,59-,60-,61+,62+,63+,64-,65-,68?,69+,70?/m1/s1. The largest absolute Gasteiger partial charge is 0.508 e. The molecule has 43 nitrogen and oxygen atoms in total. The summed E-state index contributed by atoms with van der Waals surface area (Å²) >= 11 is 0. The number of fused-ring (bicyclic) bond motifs is 2. The zero-order valence-electron chi connectivity index (χ0n) is 72.8. The number of nitrogens with zero attached hydrogens (tertiary/aromatic N) is 3. The molecule has 5 aromatic rings. The minimum atomic E-state index is -1.99. The number of carbonyl (C=O) groups is 17. The summed E-state index contributed by atoms with van der Waals surface area (Å²) in [7, 11) is 1.50. The van der Waals surface area contributed by atoms with Crippen molar-refractivity contribution < 1.29 is 107 Å². The molecule has 130 heavy (non-hydrogen) atoms. The molecule has 3 aromatic carbocycles. The van der Waals surface area contributed by atoms with Gasteiger partial charge in [-0.15, -0.1) is 0 Å². The number of aromatic nitrogens is 3. The number of unbranched alkanes of at least 4 members (excludes halogenated alkanes) is 1. The monoisotopic (exact) mass is 1850 g/mol. The van der Waals surface area contributed by atoms with E-state index in [9.17, 15) is 78.3 Å². The number of aromatic hydroxyl groups is 1. The number of likely N-dealkylation sites (tertiary alicyclic amines) is 1. The van der Waals surface area contributed by atoms with Crippen molar-refractivity contribution in [2.45, 2.75) is 234 Å². The smallest absolute Gasteiger partial charge is 0.326 e. The lowest BCUT2D eigenvalue weighted by atomic mass is 9.99. The highest BCUT2D eigenvalue weighted by Crippen LogP contribution is 2.27. The fraction of sp³-hybridized carbons (Fsp3) is 0.529. The number of rotatable bonds is 33. The SMILES string of the molecule is CCC[C@H]1NC(=O)[C@H]2CCCN2C(=O)CNC(=O)[C@@H](Cc2ccccc2)NC(=O)[C@@H](Cc2cnc[nH]2)NC(=O)[C@@H](NC(=O)[C@H](CO)NC(=O)[C@@H](Cc2ccc(O)cc2)NC(=O)C(N)[C@@H](C)O)CSSC[C@@H](C(=O)N[C@H](CCCCN)C(=O)N2CCC[C@@H]2C(=O)N[C@@H](CCC(N)=O)C(=O)O)NC(=O)[C@H](C(C)C)NC(=O)[C@@H](Cc2c[nH]c3ccccc23)NC(=O)C([C@@H](C)O)NC1=O. The predicted octanol–water partition coefficient (Wildman–Crippen LogP) is -4.81. The van der Waals surface area contributed by atoms with Gasteiger partial charge in [-0.25, -0.2) is 9.78 Å². The number of primary amides is 1. The third-order valence-electron chi connectivity index (χ3n) is 22.2. The Morgan fingerprint density at radius 1 is 0.608 bits per heavy atom. The van der Waals surface area contributed by atoms with Crippen LogP contribution in [0.4, 0.5) is 0 Å². The van der Waals surface area contributed by atoms with Crippen LogP contribution in [0.3, 0.4) is 0 Å². The number of phenols is 1. The molecule has 17 atom stereocenters. The number of aliphatic hydroxyl groups excluding tert-OH is 3. The molecule has 0 saturated carbocycles. The summed E-state index contributed by atoms with van der Waals surface area (Å²) in [5, 5.41) is 86.9. The molecule has 26 N–H and O–H groups in total. The van der Waals surface area contributed by atoms with Gasteiger partial charge in [-0.05, 0) is 119 Å². The molecule has 5 heterocycles. The number of nitrogens with two attached hydrogens (primary N) is 3. The highest BCUT2D eigenvalue weighted by Gasteiger charge is 2.44. The number of carboxylic acid groups (broad SMARTS) is 1. The van der Waals surface area contributed by atoms with Gasteiger partial charge < -0.3 is 132 Å². The van der Waals surface area contributed by atoms with Crippen LogP contribution >= 0.6 is 21.6 Å². The zero-order chi connectivity index (χ0) is 95.0. The molecule has 0 bridgehead atoms. The lowest BCUT2D eigenvalue weighted by Gasteiger charge is -2.31. The molecule has 0 aliphatic carbocycles. The topological polar surface area (TPSA) is 677 Å². The molecular formula is C85H119N21O22S2. The maximum Gasteiger partial charge on any atom is 0.326 e. The molecule has 16 amide bonds. The van der Waals surface area contributed by atoms with Crippen molar-refractivity contribution in [1.29, 1.82) is 0 Å². The lowest BCUT2D eigenvalue weighted by molar-refractivity contribution is -0.145. The van der Waals surface area contributed by atoms with E-state index in [1.54, 1.807) is 67.7 Å². The number of aliphatic hydroxyl groups is 3. The van der Waals surface area contributed by atoms with Gasteiger partial charge in [0.25, 0.3) is 0 Å². The number of H-pyrrole nitrogens is 2. The van der Waals surface area contributed by atoms with Gasteiger partial charge in [0.1, 0.15) is 96.4 Å². The first-order valence-electron chi connectivity index (χ1n) is 43.0. The van der Waals surface area contributed by atoms with Gasteiger partial charge in [-0.2, -0.15) is 0 Å². The van der Waals surface area contributed by atoms with Gasteiger partial charge in [-0.1, -0.05) is 109 Å². The molecule has 3 fully saturated rings. The molecule has 45 heteroatoms. The Labute approximate surface area is 757 Å². The fourth-order valence-corrected chi connectivity index (χ4v) is 17.2. The first-order valence-corrected chi connectivity index (χ1v) is 45.5. The van der Waals surface area contributed by atoms with E-state index in [1.807, 2.05) is 0 Å². The number of imidazole rings is 1. The minimum Gasteiger partial charge on any atom is -0.508 e. The zero-order valence-corrected chi connectivity index (χ0v) is 74.4. The molecule has 3 saturated heterocycles. The Hall–Kier alpha value is -12.3. The van der Waals surface area contributed by atoms with Gasteiger partial charge in [0.2, 0.25) is 94.5 Å². The van der Waals surface area contributed by atoms with Crippen molar-refractivity contribution >= 4 is 133 Å². The first kappa shape index (κ1) is 103. The van der Waals surface area contributed by atoms with Gasteiger partial charge in [0, 0.05) is 85.7 Å². The van der Waals surface area contributed by atoms with Crippen LogP contribution in [-0.2, 0) is 107 Å². The van der Waals surface area contributed by atoms with Crippen molar-refractivity contribution in [1.82, 2.24) is 93.9 Å². The molecule has 3 aliphatic rings. The van der Waals surface area contributed by atoms with Crippen molar-refractivity contribution in [2.75, 3.05) is 44.3 Å². The molecule has 2 aromatic heterocycles. The van der Waals surface area contributed by atoms with E-state index >= 15 is 28.8 Å².